The predicted octanol–water partition coefficient (Wildman–Crippen LogP) is 2.13. The fourth-order valence-corrected chi connectivity index (χ4v) is 1.96. The molecule has 1 aromatic rings. The first-order valence-corrected chi connectivity index (χ1v) is 7.30. The van der Waals surface area contributed by atoms with E-state index in [2.05, 4.69) is 5.32 Å². The maximum absolute atomic E-state index is 13.4. The number of carbonyl (C=O) groups is 2. The van der Waals surface area contributed by atoms with Crippen LogP contribution in [0.1, 0.15) is 32.3 Å². The third kappa shape index (κ3) is 6.38. The molecule has 0 aromatic heterocycles. The van der Waals surface area contributed by atoms with Gasteiger partial charge in [-0.2, -0.15) is 0 Å². The Morgan fingerprint density at radius 2 is 2.00 bits per heavy atom. The summed E-state index contributed by atoms with van der Waals surface area (Å²) in [6, 6.07) is 6.50. The number of amides is 2. The van der Waals surface area contributed by atoms with Gasteiger partial charge in [-0.15, -0.1) is 0 Å². The summed E-state index contributed by atoms with van der Waals surface area (Å²) in [6.07, 6.45) is 2.29. The molecule has 0 unspecified atom stereocenters. The monoisotopic (exact) mass is 294 g/mol. The first-order chi connectivity index (χ1) is 10.0. The van der Waals surface area contributed by atoms with Gasteiger partial charge in [0.15, 0.2) is 0 Å². The molecule has 116 valence electrons. The number of hydrogen-bond acceptors (Lipinski definition) is 2. The van der Waals surface area contributed by atoms with Crippen molar-refractivity contribution in [2.24, 2.45) is 0 Å². The molecular weight excluding hydrogens is 271 g/mol. The van der Waals surface area contributed by atoms with E-state index in [9.17, 15) is 14.0 Å². The molecule has 0 spiro atoms. The minimum Gasteiger partial charge on any atom is -0.354 e. The SMILES string of the molecule is CCCCN(CC(=O)NCCc1ccccc1F)C(C)=O. The van der Waals surface area contributed by atoms with Crippen LogP contribution in [0.15, 0.2) is 24.3 Å². The molecule has 0 atom stereocenters. The van der Waals surface area contributed by atoms with Gasteiger partial charge in [-0.05, 0) is 24.5 Å². The summed E-state index contributed by atoms with van der Waals surface area (Å²) >= 11 is 0. The minimum absolute atomic E-state index is 0.0621. The van der Waals surface area contributed by atoms with Crippen molar-refractivity contribution in [1.29, 1.82) is 0 Å². The van der Waals surface area contributed by atoms with Crippen molar-refractivity contribution in [2.75, 3.05) is 19.6 Å². The standard InChI is InChI=1S/C16H23FN2O2/c1-3-4-11-19(13(2)20)12-16(21)18-10-9-14-7-5-6-8-15(14)17/h5-8H,3-4,9-12H2,1-2H3,(H,18,21). The Balaban J connectivity index is 2.36. The molecule has 0 heterocycles. The summed E-state index contributed by atoms with van der Waals surface area (Å²) in [5.74, 6) is -0.578. The molecule has 0 saturated carbocycles. The van der Waals surface area contributed by atoms with E-state index in [-0.39, 0.29) is 24.2 Å². The third-order valence-corrected chi connectivity index (χ3v) is 3.24. The zero-order chi connectivity index (χ0) is 15.7. The fraction of sp³-hybridized carbons (Fsp3) is 0.500. The first-order valence-electron chi connectivity index (χ1n) is 7.30. The summed E-state index contributed by atoms with van der Waals surface area (Å²) in [6.45, 7) is 4.51. The third-order valence-electron chi connectivity index (χ3n) is 3.24. The highest BCUT2D eigenvalue weighted by molar-refractivity contribution is 5.83. The number of rotatable bonds is 8. The van der Waals surface area contributed by atoms with Crippen LogP contribution in [0.2, 0.25) is 0 Å². The van der Waals surface area contributed by atoms with Crippen molar-refractivity contribution < 1.29 is 14.0 Å². The Morgan fingerprint density at radius 1 is 1.29 bits per heavy atom. The average molecular weight is 294 g/mol. The first kappa shape index (κ1) is 17.1. The number of hydrogen-bond donors (Lipinski definition) is 1. The number of carbonyl (C=O) groups excluding carboxylic acids is 2. The molecule has 1 N–H and O–H groups in total. The topological polar surface area (TPSA) is 49.4 Å². The summed E-state index contributed by atoms with van der Waals surface area (Å²) in [4.78, 5) is 24.7. The van der Waals surface area contributed by atoms with E-state index in [0.29, 0.717) is 25.1 Å². The van der Waals surface area contributed by atoms with Gasteiger partial charge in [-0.3, -0.25) is 9.59 Å². The van der Waals surface area contributed by atoms with E-state index in [0.717, 1.165) is 12.8 Å². The molecule has 2 amide bonds. The lowest BCUT2D eigenvalue weighted by molar-refractivity contribution is -0.134. The van der Waals surface area contributed by atoms with Gasteiger partial charge >= 0.3 is 0 Å². The normalized spacial score (nSPS) is 10.2. The molecule has 0 aliphatic heterocycles. The van der Waals surface area contributed by atoms with Gasteiger partial charge in [0.05, 0.1) is 6.54 Å². The molecule has 0 saturated heterocycles. The summed E-state index contributed by atoms with van der Waals surface area (Å²) in [7, 11) is 0. The molecule has 5 heteroatoms. The van der Waals surface area contributed by atoms with Gasteiger partial charge in [0.1, 0.15) is 5.82 Å². The van der Waals surface area contributed by atoms with Gasteiger partial charge in [-0.1, -0.05) is 31.5 Å². The van der Waals surface area contributed by atoms with Crippen molar-refractivity contribution in [3.8, 4) is 0 Å². The number of benzene rings is 1. The van der Waals surface area contributed by atoms with E-state index in [1.165, 1.54) is 17.9 Å². The lowest BCUT2D eigenvalue weighted by atomic mass is 10.1. The van der Waals surface area contributed by atoms with Crippen LogP contribution >= 0.6 is 0 Å². The summed E-state index contributed by atoms with van der Waals surface area (Å²) in [5.41, 5.74) is 0.576. The Morgan fingerprint density at radius 3 is 2.62 bits per heavy atom. The maximum Gasteiger partial charge on any atom is 0.239 e. The Labute approximate surface area is 125 Å². The van der Waals surface area contributed by atoms with Crippen LogP contribution < -0.4 is 5.32 Å². The van der Waals surface area contributed by atoms with Crippen LogP contribution in [0, 0.1) is 5.82 Å². The van der Waals surface area contributed by atoms with E-state index >= 15 is 0 Å². The highest BCUT2D eigenvalue weighted by Gasteiger charge is 2.12. The van der Waals surface area contributed by atoms with E-state index in [1.54, 1.807) is 18.2 Å². The molecule has 21 heavy (non-hydrogen) atoms. The van der Waals surface area contributed by atoms with E-state index < -0.39 is 0 Å². The zero-order valence-electron chi connectivity index (χ0n) is 12.7. The summed E-state index contributed by atoms with van der Waals surface area (Å²) < 4.78 is 13.4. The predicted molar refractivity (Wildman–Crippen MR) is 80.3 cm³/mol. The molecule has 0 radical (unpaired) electrons. The second-order valence-electron chi connectivity index (χ2n) is 4.99. The van der Waals surface area contributed by atoms with Crippen molar-refractivity contribution in [3.05, 3.63) is 35.6 Å². The number of nitrogens with one attached hydrogen (secondary N) is 1. The fourth-order valence-electron chi connectivity index (χ4n) is 1.96. The van der Waals surface area contributed by atoms with Crippen LogP contribution in [0.5, 0.6) is 0 Å². The lowest BCUT2D eigenvalue weighted by Gasteiger charge is -2.20. The van der Waals surface area contributed by atoms with Crippen molar-refractivity contribution in [1.82, 2.24) is 10.2 Å². The molecule has 1 rings (SSSR count). The average Bonchev–Trinajstić information content (AvgIpc) is 2.45. The molecular formula is C16H23FN2O2. The lowest BCUT2D eigenvalue weighted by Crippen LogP contribution is -2.40. The number of nitrogens with zero attached hydrogens (tertiary/aromatic N) is 1. The molecule has 0 bridgehead atoms. The van der Waals surface area contributed by atoms with Gasteiger partial charge in [0.2, 0.25) is 11.8 Å². The van der Waals surface area contributed by atoms with Crippen LogP contribution in [-0.2, 0) is 16.0 Å². The molecule has 4 nitrogen and oxygen atoms in total. The molecule has 1 aromatic carbocycles. The number of unbranched alkanes of at least 4 members (excludes halogenated alkanes) is 1. The van der Waals surface area contributed by atoms with Crippen LogP contribution in [0.4, 0.5) is 4.39 Å². The van der Waals surface area contributed by atoms with Gasteiger partial charge in [-0.25, -0.2) is 4.39 Å². The molecule has 0 aliphatic rings. The van der Waals surface area contributed by atoms with E-state index in [1.807, 2.05) is 6.92 Å². The zero-order valence-corrected chi connectivity index (χ0v) is 12.7. The van der Waals surface area contributed by atoms with Crippen molar-refractivity contribution in [3.63, 3.8) is 0 Å². The van der Waals surface area contributed by atoms with Crippen LogP contribution in [0.3, 0.4) is 0 Å². The maximum atomic E-state index is 13.4. The highest BCUT2D eigenvalue weighted by atomic mass is 19.1. The Bertz CT molecular complexity index is 477. The van der Waals surface area contributed by atoms with Crippen molar-refractivity contribution in [2.45, 2.75) is 33.1 Å². The van der Waals surface area contributed by atoms with Crippen LogP contribution in [0.25, 0.3) is 0 Å². The van der Waals surface area contributed by atoms with Gasteiger partial charge in [0, 0.05) is 20.0 Å². The van der Waals surface area contributed by atoms with Crippen molar-refractivity contribution >= 4 is 11.8 Å². The second-order valence-corrected chi connectivity index (χ2v) is 4.99. The molecule has 0 aliphatic carbocycles. The Hall–Kier alpha value is -1.91. The van der Waals surface area contributed by atoms with Gasteiger partial charge < -0.3 is 10.2 Å². The molecule has 0 fully saturated rings. The van der Waals surface area contributed by atoms with Gasteiger partial charge in [0.25, 0.3) is 0 Å². The number of halogens is 1. The minimum atomic E-state index is -0.264. The summed E-state index contributed by atoms with van der Waals surface area (Å²) in [5, 5.41) is 2.72. The smallest absolute Gasteiger partial charge is 0.239 e. The second kappa shape index (κ2) is 9.10. The Kier molecular flexibility index (Phi) is 7.43. The van der Waals surface area contributed by atoms with Crippen LogP contribution in [-0.4, -0.2) is 36.3 Å². The highest BCUT2D eigenvalue weighted by Crippen LogP contribution is 2.06. The largest absolute Gasteiger partial charge is 0.354 e. The van der Waals surface area contributed by atoms with E-state index in [4.69, 9.17) is 0 Å². The quantitative estimate of drug-likeness (QED) is 0.798.